The highest BCUT2D eigenvalue weighted by molar-refractivity contribution is 6.33. The molecule has 0 aliphatic heterocycles. The standard InChI is InChI=1S/C21H20ClFN4O/c22-15-7-5-8-16(23)19(15)21(28)25-12-13-27-18-10-2-1-6-14(18)20(26-27)17-9-3-4-11-24-17/h3-5,7-9,11H,1-2,6,10,12-13H2,(H,25,28). The van der Waals surface area contributed by atoms with Gasteiger partial charge < -0.3 is 5.32 Å². The molecule has 0 unspecified atom stereocenters. The van der Waals surface area contributed by atoms with Gasteiger partial charge in [-0.2, -0.15) is 5.10 Å². The Kier molecular flexibility index (Phi) is 5.39. The Morgan fingerprint density at radius 3 is 2.82 bits per heavy atom. The molecule has 0 radical (unpaired) electrons. The summed E-state index contributed by atoms with van der Waals surface area (Å²) in [4.78, 5) is 16.8. The van der Waals surface area contributed by atoms with Crippen molar-refractivity contribution in [2.24, 2.45) is 0 Å². The minimum Gasteiger partial charge on any atom is -0.350 e. The van der Waals surface area contributed by atoms with Crippen molar-refractivity contribution in [1.82, 2.24) is 20.1 Å². The van der Waals surface area contributed by atoms with Gasteiger partial charge >= 0.3 is 0 Å². The molecule has 0 atom stereocenters. The highest BCUT2D eigenvalue weighted by Crippen LogP contribution is 2.30. The number of halogens is 2. The molecule has 144 valence electrons. The van der Waals surface area contributed by atoms with Crippen molar-refractivity contribution in [3.05, 3.63) is 70.3 Å². The number of aromatic nitrogens is 3. The molecule has 1 aromatic carbocycles. The number of amides is 1. The van der Waals surface area contributed by atoms with Crippen LogP contribution in [0.15, 0.2) is 42.6 Å². The first kappa shape index (κ1) is 18.6. The monoisotopic (exact) mass is 398 g/mol. The summed E-state index contributed by atoms with van der Waals surface area (Å²) in [6.07, 6.45) is 5.97. The van der Waals surface area contributed by atoms with Crippen LogP contribution in [0.3, 0.4) is 0 Å². The van der Waals surface area contributed by atoms with E-state index in [1.807, 2.05) is 22.9 Å². The molecule has 2 aromatic heterocycles. The minimum atomic E-state index is -0.626. The number of pyridine rings is 1. The fourth-order valence-corrected chi connectivity index (χ4v) is 3.89. The van der Waals surface area contributed by atoms with Gasteiger partial charge in [0.15, 0.2) is 0 Å². The predicted molar refractivity (Wildman–Crippen MR) is 106 cm³/mol. The molecule has 1 aliphatic rings. The van der Waals surface area contributed by atoms with Crippen molar-refractivity contribution >= 4 is 17.5 Å². The molecule has 1 aliphatic carbocycles. The molecule has 0 saturated carbocycles. The maximum atomic E-state index is 13.9. The van der Waals surface area contributed by atoms with Gasteiger partial charge in [-0.05, 0) is 49.9 Å². The summed E-state index contributed by atoms with van der Waals surface area (Å²) in [7, 11) is 0. The molecular formula is C21H20ClFN4O. The summed E-state index contributed by atoms with van der Waals surface area (Å²) in [5.74, 6) is -1.15. The Morgan fingerprint density at radius 1 is 1.18 bits per heavy atom. The van der Waals surface area contributed by atoms with E-state index in [-0.39, 0.29) is 10.6 Å². The second kappa shape index (κ2) is 8.10. The number of benzene rings is 1. The van der Waals surface area contributed by atoms with Crippen LogP contribution >= 0.6 is 11.6 Å². The normalized spacial score (nSPS) is 13.2. The Hall–Kier alpha value is -2.73. The molecule has 1 amide bonds. The van der Waals surface area contributed by atoms with E-state index in [4.69, 9.17) is 16.7 Å². The van der Waals surface area contributed by atoms with E-state index in [1.54, 1.807) is 6.20 Å². The Labute approximate surface area is 167 Å². The van der Waals surface area contributed by atoms with E-state index in [0.29, 0.717) is 13.1 Å². The number of rotatable bonds is 5. The molecular weight excluding hydrogens is 379 g/mol. The minimum absolute atomic E-state index is 0.103. The largest absolute Gasteiger partial charge is 0.350 e. The van der Waals surface area contributed by atoms with Crippen LogP contribution in [0.2, 0.25) is 5.02 Å². The number of hydrogen-bond acceptors (Lipinski definition) is 3. The molecule has 2 heterocycles. The van der Waals surface area contributed by atoms with Gasteiger partial charge in [-0.3, -0.25) is 14.5 Å². The second-order valence-corrected chi connectivity index (χ2v) is 7.18. The molecule has 0 spiro atoms. The van der Waals surface area contributed by atoms with Crippen molar-refractivity contribution in [3.63, 3.8) is 0 Å². The second-order valence-electron chi connectivity index (χ2n) is 6.77. The third-order valence-electron chi connectivity index (χ3n) is 4.96. The zero-order chi connectivity index (χ0) is 19.5. The number of fused-ring (bicyclic) bond motifs is 1. The van der Waals surface area contributed by atoms with E-state index in [0.717, 1.165) is 37.1 Å². The van der Waals surface area contributed by atoms with Crippen LogP contribution in [0.4, 0.5) is 4.39 Å². The van der Waals surface area contributed by atoms with E-state index >= 15 is 0 Å². The molecule has 0 fully saturated rings. The number of carbonyl (C=O) groups excluding carboxylic acids is 1. The van der Waals surface area contributed by atoms with Gasteiger partial charge in [0.25, 0.3) is 5.91 Å². The van der Waals surface area contributed by atoms with Crippen LogP contribution in [0.5, 0.6) is 0 Å². The molecule has 28 heavy (non-hydrogen) atoms. The number of hydrogen-bond donors (Lipinski definition) is 1. The SMILES string of the molecule is O=C(NCCn1nc(-c2ccccn2)c2c1CCCC2)c1c(F)cccc1Cl. The molecule has 0 bridgehead atoms. The van der Waals surface area contributed by atoms with Crippen LogP contribution in [-0.4, -0.2) is 27.2 Å². The molecule has 5 nitrogen and oxygen atoms in total. The predicted octanol–water partition coefficient (Wildman–Crippen LogP) is 4.05. The molecule has 3 aromatic rings. The first-order valence-electron chi connectivity index (χ1n) is 9.37. The Bertz CT molecular complexity index is 983. The summed E-state index contributed by atoms with van der Waals surface area (Å²) >= 11 is 5.96. The van der Waals surface area contributed by atoms with Crippen LogP contribution in [0.25, 0.3) is 11.4 Å². The van der Waals surface area contributed by atoms with Crippen molar-refractivity contribution in [1.29, 1.82) is 0 Å². The van der Waals surface area contributed by atoms with Gasteiger partial charge in [-0.25, -0.2) is 4.39 Å². The van der Waals surface area contributed by atoms with Crippen molar-refractivity contribution in [2.45, 2.75) is 32.2 Å². The zero-order valence-corrected chi connectivity index (χ0v) is 16.0. The topological polar surface area (TPSA) is 59.8 Å². The molecule has 4 rings (SSSR count). The Morgan fingerprint density at radius 2 is 2.04 bits per heavy atom. The van der Waals surface area contributed by atoms with E-state index < -0.39 is 11.7 Å². The lowest BCUT2D eigenvalue weighted by Gasteiger charge is -2.14. The zero-order valence-electron chi connectivity index (χ0n) is 15.3. The molecule has 1 N–H and O–H groups in total. The maximum absolute atomic E-state index is 13.9. The number of nitrogens with one attached hydrogen (secondary N) is 1. The van der Waals surface area contributed by atoms with Gasteiger partial charge in [0, 0.05) is 24.0 Å². The molecule has 7 heteroatoms. The van der Waals surface area contributed by atoms with Crippen molar-refractivity contribution in [2.75, 3.05) is 6.54 Å². The third kappa shape index (κ3) is 3.64. The summed E-state index contributed by atoms with van der Waals surface area (Å²) < 4.78 is 15.8. The fraction of sp³-hybridized carbons (Fsp3) is 0.286. The quantitative estimate of drug-likeness (QED) is 0.705. The third-order valence-corrected chi connectivity index (χ3v) is 5.28. The van der Waals surface area contributed by atoms with Crippen LogP contribution in [0.1, 0.15) is 34.5 Å². The lowest BCUT2D eigenvalue weighted by atomic mass is 9.95. The van der Waals surface area contributed by atoms with Crippen LogP contribution in [-0.2, 0) is 19.4 Å². The average Bonchev–Trinajstić information content (AvgIpc) is 3.07. The summed E-state index contributed by atoms with van der Waals surface area (Å²) in [5.41, 5.74) is 4.10. The van der Waals surface area contributed by atoms with Gasteiger partial charge in [0.05, 0.1) is 22.8 Å². The number of nitrogens with zero attached hydrogens (tertiary/aromatic N) is 3. The first-order chi connectivity index (χ1) is 13.6. The van der Waals surface area contributed by atoms with E-state index in [9.17, 15) is 9.18 Å². The highest BCUT2D eigenvalue weighted by atomic mass is 35.5. The summed E-state index contributed by atoms with van der Waals surface area (Å²) in [6.45, 7) is 0.840. The Balaban J connectivity index is 1.51. The maximum Gasteiger partial charge on any atom is 0.255 e. The van der Waals surface area contributed by atoms with Crippen LogP contribution in [0, 0.1) is 5.82 Å². The van der Waals surface area contributed by atoms with E-state index in [1.165, 1.54) is 29.5 Å². The van der Waals surface area contributed by atoms with Crippen LogP contribution < -0.4 is 5.32 Å². The average molecular weight is 399 g/mol. The smallest absolute Gasteiger partial charge is 0.255 e. The van der Waals surface area contributed by atoms with E-state index in [2.05, 4.69) is 10.3 Å². The summed E-state index contributed by atoms with van der Waals surface area (Å²) in [5, 5.41) is 7.62. The number of carbonyl (C=O) groups is 1. The van der Waals surface area contributed by atoms with Gasteiger partial charge in [-0.15, -0.1) is 0 Å². The first-order valence-corrected chi connectivity index (χ1v) is 9.75. The van der Waals surface area contributed by atoms with Gasteiger partial charge in [-0.1, -0.05) is 23.7 Å². The summed E-state index contributed by atoms with van der Waals surface area (Å²) in [6, 6.07) is 10.0. The fourth-order valence-electron chi connectivity index (χ4n) is 3.64. The lowest BCUT2D eigenvalue weighted by Crippen LogP contribution is -2.29. The van der Waals surface area contributed by atoms with Crippen molar-refractivity contribution in [3.8, 4) is 11.4 Å². The van der Waals surface area contributed by atoms with Gasteiger partial charge in [0.1, 0.15) is 11.5 Å². The molecule has 0 saturated heterocycles. The van der Waals surface area contributed by atoms with Crippen molar-refractivity contribution < 1.29 is 9.18 Å². The van der Waals surface area contributed by atoms with Gasteiger partial charge in [0.2, 0.25) is 0 Å². The highest BCUT2D eigenvalue weighted by Gasteiger charge is 2.22. The lowest BCUT2D eigenvalue weighted by molar-refractivity contribution is 0.0948.